The van der Waals surface area contributed by atoms with E-state index in [4.69, 9.17) is 9.94 Å². The van der Waals surface area contributed by atoms with E-state index in [0.29, 0.717) is 30.8 Å². The highest BCUT2D eigenvalue weighted by Gasteiger charge is 2.34. The molecular weight excluding hydrogens is 442 g/mol. The van der Waals surface area contributed by atoms with Crippen LogP contribution in [0.1, 0.15) is 40.9 Å². The molecule has 0 bridgehead atoms. The van der Waals surface area contributed by atoms with Gasteiger partial charge >= 0.3 is 0 Å². The van der Waals surface area contributed by atoms with Crippen LogP contribution in [0.5, 0.6) is 5.75 Å². The SMILES string of the molecule is Cc1cc(COc2ccc3c(C(=O)NC4CCCC4C(=O)NO)cccc3c2)c2ccccc2n1. The van der Waals surface area contributed by atoms with Crippen molar-refractivity contribution >= 4 is 33.5 Å². The number of carbonyl (C=O) groups excluding carboxylic acids is 2. The molecule has 3 N–H and O–H groups in total. The number of hydrogen-bond acceptors (Lipinski definition) is 5. The zero-order valence-electron chi connectivity index (χ0n) is 19.5. The Balaban J connectivity index is 1.35. The molecule has 1 aliphatic rings. The first-order valence-corrected chi connectivity index (χ1v) is 11.8. The van der Waals surface area contributed by atoms with Gasteiger partial charge in [-0.3, -0.25) is 19.8 Å². The van der Waals surface area contributed by atoms with E-state index in [0.717, 1.165) is 39.4 Å². The van der Waals surface area contributed by atoms with E-state index in [1.165, 1.54) is 0 Å². The smallest absolute Gasteiger partial charge is 0.252 e. The lowest BCUT2D eigenvalue weighted by atomic mass is 10.0. The Labute approximate surface area is 203 Å². The van der Waals surface area contributed by atoms with Crippen LogP contribution in [0.3, 0.4) is 0 Å². The van der Waals surface area contributed by atoms with Gasteiger partial charge < -0.3 is 10.1 Å². The summed E-state index contributed by atoms with van der Waals surface area (Å²) in [5, 5.41) is 14.7. The van der Waals surface area contributed by atoms with Crippen LogP contribution in [0.25, 0.3) is 21.7 Å². The third-order valence-electron chi connectivity index (χ3n) is 6.70. The summed E-state index contributed by atoms with van der Waals surface area (Å²) in [5.74, 6) is -0.397. The summed E-state index contributed by atoms with van der Waals surface area (Å²) in [7, 11) is 0. The Morgan fingerprint density at radius 2 is 1.89 bits per heavy atom. The van der Waals surface area contributed by atoms with Crippen LogP contribution in [0.15, 0.2) is 66.7 Å². The second-order valence-electron chi connectivity index (χ2n) is 9.01. The lowest BCUT2D eigenvalue weighted by Gasteiger charge is -2.20. The van der Waals surface area contributed by atoms with E-state index in [9.17, 15) is 9.59 Å². The average molecular weight is 470 g/mol. The molecule has 7 nitrogen and oxygen atoms in total. The first-order chi connectivity index (χ1) is 17.0. The normalized spacial score (nSPS) is 17.4. The summed E-state index contributed by atoms with van der Waals surface area (Å²) < 4.78 is 6.13. The summed E-state index contributed by atoms with van der Waals surface area (Å²) in [6, 6.07) is 21.0. The fourth-order valence-corrected chi connectivity index (χ4v) is 5.00. The van der Waals surface area contributed by atoms with Crippen molar-refractivity contribution in [2.45, 2.75) is 38.8 Å². The van der Waals surface area contributed by atoms with Crippen molar-refractivity contribution in [3.05, 3.63) is 83.6 Å². The molecule has 5 rings (SSSR count). The summed E-state index contributed by atoms with van der Waals surface area (Å²) in [6.07, 6.45) is 2.17. The number of para-hydroxylation sites is 1. The highest BCUT2D eigenvalue weighted by atomic mass is 16.5. The molecule has 2 atom stereocenters. The van der Waals surface area contributed by atoms with Crippen molar-refractivity contribution in [1.82, 2.24) is 15.8 Å². The fraction of sp³-hybridized carbons (Fsp3) is 0.250. The maximum Gasteiger partial charge on any atom is 0.252 e. The minimum atomic E-state index is -0.454. The molecule has 2 amide bonds. The minimum Gasteiger partial charge on any atom is -0.489 e. The lowest BCUT2D eigenvalue weighted by Crippen LogP contribution is -2.43. The maximum absolute atomic E-state index is 13.1. The molecule has 178 valence electrons. The van der Waals surface area contributed by atoms with Crippen LogP contribution in [0, 0.1) is 12.8 Å². The van der Waals surface area contributed by atoms with Crippen LogP contribution >= 0.6 is 0 Å². The van der Waals surface area contributed by atoms with Crippen molar-refractivity contribution in [1.29, 1.82) is 0 Å². The number of rotatable bonds is 6. The third kappa shape index (κ3) is 4.68. The van der Waals surface area contributed by atoms with E-state index < -0.39 is 11.8 Å². The molecule has 0 radical (unpaired) electrons. The molecule has 4 aromatic rings. The molecule has 2 unspecified atom stereocenters. The molecule has 0 aliphatic heterocycles. The van der Waals surface area contributed by atoms with Gasteiger partial charge in [-0.1, -0.05) is 36.8 Å². The molecule has 1 saturated carbocycles. The summed E-state index contributed by atoms with van der Waals surface area (Å²) >= 11 is 0. The van der Waals surface area contributed by atoms with Gasteiger partial charge in [-0.25, -0.2) is 5.48 Å². The zero-order chi connectivity index (χ0) is 24.4. The lowest BCUT2D eigenvalue weighted by molar-refractivity contribution is -0.133. The molecule has 1 aliphatic carbocycles. The molecule has 1 fully saturated rings. The molecule has 7 heteroatoms. The van der Waals surface area contributed by atoms with Crippen molar-refractivity contribution < 1.29 is 19.5 Å². The topological polar surface area (TPSA) is 101 Å². The molecular formula is C28H27N3O4. The summed E-state index contributed by atoms with van der Waals surface area (Å²) in [5.41, 5.74) is 5.21. The highest BCUT2D eigenvalue weighted by Crippen LogP contribution is 2.28. The van der Waals surface area contributed by atoms with Crippen LogP contribution in [-0.2, 0) is 11.4 Å². The Morgan fingerprint density at radius 3 is 2.74 bits per heavy atom. The van der Waals surface area contributed by atoms with Gasteiger partial charge in [0.15, 0.2) is 0 Å². The standard InChI is InChI=1S/C28H27N3O4/c1-17-14-19(22-7-2-3-10-25(22)29-17)16-35-20-12-13-21-18(15-20)6-4-8-23(21)27(32)30-26-11-5-9-24(26)28(33)31-34/h2-4,6-8,10,12-15,24,26,34H,5,9,11,16H2,1H3,(H,30,32)(H,31,33). The number of ether oxygens (including phenoxy) is 1. The molecule has 1 heterocycles. The van der Waals surface area contributed by atoms with Gasteiger partial charge in [0.05, 0.1) is 11.4 Å². The predicted octanol–water partition coefficient (Wildman–Crippen LogP) is 4.68. The van der Waals surface area contributed by atoms with E-state index in [1.54, 1.807) is 11.5 Å². The quantitative estimate of drug-likeness (QED) is 0.281. The van der Waals surface area contributed by atoms with Crippen molar-refractivity contribution in [3.8, 4) is 5.75 Å². The Hall–Kier alpha value is -3.97. The summed E-state index contributed by atoms with van der Waals surface area (Å²) in [4.78, 5) is 29.6. The number of aromatic nitrogens is 1. The molecule has 1 aromatic heterocycles. The Bertz CT molecular complexity index is 1420. The van der Waals surface area contributed by atoms with Gasteiger partial charge in [0.1, 0.15) is 12.4 Å². The third-order valence-corrected chi connectivity index (χ3v) is 6.70. The maximum atomic E-state index is 13.1. The average Bonchev–Trinajstić information content (AvgIpc) is 3.34. The Morgan fingerprint density at radius 1 is 1.03 bits per heavy atom. The monoisotopic (exact) mass is 469 g/mol. The van der Waals surface area contributed by atoms with Crippen molar-refractivity contribution in [2.24, 2.45) is 5.92 Å². The predicted molar refractivity (Wildman–Crippen MR) is 133 cm³/mol. The number of pyridine rings is 1. The fourth-order valence-electron chi connectivity index (χ4n) is 5.00. The van der Waals surface area contributed by atoms with E-state index >= 15 is 0 Å². The molecule has 0 spiro atoms. The van der Waals surface area contributed by atoms with Crippen molar-refractivity contribution in [3.63, 3.8) is 0 Å². The summed E-state index contributed by atoms with van der Waals surface area (Å²) in [6.45, 7) is 2.38. The highest BCUT2D eigenvalue weighted by molar-refractivity contribution is 6.07. The molecule has 0 saturated heterocycles. The van der Waals surface area contributed by atoms with E-state index in [2.05, 4.69) is 10.3 Å². The number of nitrogens with one attached hydrogen (secondary N) is 2. The number of amides is 2. The van der Waals surface area contributed by atoms with Crippen LogP contribution in [0.4, 0.5) is 0 Å². The van der Waals surface area contributed by atoms with Crippen LogP contribution in [-0.4, -0.2) is 28.0 Å². The number of hydrogen-bond donors (Lipinski definition) is 3. The number of hydroxylamine groups is 1. The zero-order valence-corrected chi connectivity index (χ0v) is 19.5. The number of aryl methyl sites for hydroxylation is 1. The first-order valence-electron chi connectivity index (χ1n) is 11.8. The van der Waals surface area contributed by atoms with Gasteiger partial charge in [-0.15, -0.1) is 0 Å². The number of nitrogens with zero attached hydrogens (tertiary/aromatic N) is 1. The second-order valence-corrected chi connectivity index (χ2v) is 9.01. The molecule has 3 aromatic carbocycles. The van der Waals surface area contributed by atoms with Gasteiger partial charge in [0.25, 0.3) is 5.91 Å². The van der Waals surface area contributed by atoms with Crippen molar-refractivity contribution in [2.75, 3.05) is 0 Å². The van der Waals surface area contributed by atoms with Gasteiger partial charge in [-0.2, -0.15) is 0 Å². The largest absolute Gasteiger partial charge is 0.489 e. The number of fused-ring (bicyclic) bond motifs is 2. The van der Waals surface area contributed by atoms with Crippen LogP contribution < -0.4 is 15.5 Å². The van der Waals surface area contributed by atoms with E-state index in [-0.39, 0.29) is 11.9 Å². The van der Waals surface area contributed by atoms with Crippen LogP contribution in [0.2, 0.25) is 0 Å². The molecule has 35 heavy (non-hydrogen) atoms. The second kappa shape index (κ2) is 9.72. The Kier molecular flexibility index (Phi) is 6.33. The number of benzene rings is 3. The first kappa shape index (κ1) is 22.8. The van der Waals surface area contributed by atoms with Gasteiger partial charge in [0.2, 0.25) is 5.91 Å². The van der Waals surface area contributed by atoms with E-state index in [1.807, 2.05) is 67.6 Å². The van der Waals surface area contributed by atoms with Gasteiger partial charge in [-0.05, 0) is 66.9 Å². The number of carbonyl (C=O) groups is 2. The minimum absolute atomic E-state index is 0.231. The van der Waals surface area contributed by atoms with Gasteiger partial charge in [0, 0.05) is 28.2 Å².